The number of anilines is 1. The van der Waals surface area contributed by atoms with Gasteiger partial charge in [0.05, 0.1) is 6.54 Å². The van der Waals surface area contributed by atoms with Crippen LogP contribution in [0.2, 0.25) is 0 Å². The molecule has 0 saturated carbocycles. The number of aromatic nitrogens is 2. The molecule has 1 N–H and O–H groups in total. The molecule has 6 nitrogen and oxygen atoms in total. The van der Waals surface area contributed by atoms with Gasteiger partial charge in [0.25, 0.3) is 11.5 Å². The van der Waals surface area contributed by atoms with Crippen LogP contribution < -0.4 is 10.5 Å². The van der Waals surface area contributed by atoms with Gasteiger partial charge in [0, 0.05) is 18.7 Å². The molecule has 1 aromatic heterocycles. The zero-order chi connectivity index (χ0) is 14.4. The second-order valence-electron chi connectivity index (χ2n) is 4.51. The Kier molecular flexibility index (Phi) is 2.56. The van der Waals surface area contributed by atoms with Gasteiger partial charge in [-0.25, -0.2) is 9.07 Å². The van der Waals surface area contributed by atoms with Gasteiger partial charge in [0.15, 0.2) is 17.4 Å². The SMILES string of the molecule is Cn1nc(N2Cc3cc(O)c(F)cc3C2=O)ccc1=O. The smallest absolute Gasteiger partial charge is 0.266 e. The van der Waals surface area contributed by atoms with Gasteiger partial charge in [-0.05, 0) is 23.8 Å². The van der Waals surface area contributed by atoms with Crippen LogP contribution >= 0.6 is 0 Å². The van der Waals surface area contributed by atoms with Gasteiger partial charge < -0.3 is 5.11 Å². The van der Waals surface area contributed by atoms with E-state index in [2.05, 4.69) is 5.10 Å². The van der Waals surface area contributed by atoms with E-state index in [0.717, 1.165) is 10.7 Å². The van der Waals surface area contributed by atoms with E-state index in [0.29, 0.717) is 11.4 Å². The van der Waals surface area contributed by atoms with Gasteiger partial charge in [-0.15, -0.1) is 0 Å². The quantitative estimate of drug-likeness (QED) is 0.834. The highest BCUT2D eigenvalue weighted by Gasteiger charge is 2.31. The second-order valence-corrected chi connectivity index (χ2v) is 4.51. The zero-order valence-electron chi connectivity index (χ0n) is 10.5. The summed E-state index contributed by atoms with van der Waals surface area (Å²) in [5.74, 6) is -1.45. The van der Waals surface area contributed by atoms with E-state index >= 15 is 0 Å². The molecule has 0 atom stereocenters. The third-order valence-corrected chi connectivity index (χ3v) is 3.20. The molecule has 0 radical (unpaired) electrons. The summed E-state index contributed by atoms with van der Waals surface area (Å²) in [4.78, 5) is 24.8. The van der Waals surface area contributed by atoms with Crippen molar-refractivity contribution < 1.29 is 14.3 Å². The molecule has 0 saturated heterocycles. The first-order valence-electron chi connectivity index (χ1n) is 5.85. The fourth-order valence-corrected chi connectivity index (χ4v) is 2.14. The number of nitrogens with zero attached hydrogens (tertiary/aromatic N) is 3. The van der Waals surface area contributed by atoms with Crippen molar-refractivity contribution in [3.8, 4) is 5.75 Å². The summed E-state index contributed by atoms with van der Waals surface area (Å²) in [5, 5.41) is 13.3. The Morgan fingerprint density at radius 1 is 1.30 bits per heavy atom. The van der Waals surface area contributed by atoms with Crippen molar-refractivity contribution in [3.05, 3.63) is 51.6 Å². The van der Waals surface area contributed by atoms with Gasteiger partial charge >= 0.3 is 0 Å². The Labute approximate surface area is 112 Å². The van der Waals surface area contributed by atoms with Crippen LogP contribution in [0.15, 0.2) is 29.1 Å². The van der Waals surface area contributed by atoms with Crippen LogP contribution in [-0.4, -0.2) is 20.8 Å². The number of carbonyl (C=O) groups is 1. The van der Waals surface area contributed by atoms with Crippen molar-refractivity contribution in [1.82, 2.24) is 9.78 Å². The monoisotopic (exact) mass is 275 g/mol. The maximum absolute atomic E-state index is 13.3. The van der Waals surface area contributed by atoms with E-state index in [1.165, 1.54) is 30.1 Å². The molecule has 0 fully saturated rings. The highest BCUT2D eigenvalue weighted by atomic mass is 19.1. The highest BCUT2D eigenvalue weighted by molar-refractivity contribution is 6.09. The summed E-state index contributed by atoms with van der Waals surface area (Å²) >= 11 is 0. The van der Waals surface area contributed by atoms with Crippen molar-refractivity contribution in [2.45, 2.75) is 6.54 Å². The van der Waals surface area contributed by atoms with E-state index in [1.54, 1.807) is 0 Å². The summed E-state index contributed by atoms with van der Waals surface area (Å²) in [5.41, 5.74) is 0.419. The van der Waals surface area contributed by atoms with Crippen LogP contribution in [0.5, 0.6) is 5.75 Å². The molecule has 0 spiro atoms. The molecule has 2 heterocycles. The molecule has 0 unspecified atom stereocenters. The fourth-order valence-electron chi connectivity index (χ4n) is 2.14. The number of fused-ring (bicyclic) bond motifs is 1. The summed E-state index contributed by atoms with van der Waals surface area (Å²) in [6.45, 7) is 0.174. The van der Waals surface area contributed by atoms with E-state index in [-0.39, 0.29) is 17.7 Å². The lowest BCUT2D eigenvalue weighted by atomic mass is 10.1. The maximum atomic E-state index is 13.3. The predicted octanol–water partition coefficient (Wildman–Crippen LogP) is 0.785. The average Bonchev–Trinajstić information content (AvgIpc) is 2.71. The van der Waals surface area contributed by atoms with Gasteiger partial charge in [0.2, 0.25) is 0 Å². The van der Waals surface area contributed by atoms with Crippen LogP contribution in [-0.2, 0) is 13.6 Å². The van der Waals surface area contributed by atoms with Crippen molar-refractivity contribution in [1.29, 1.82) is 0 Å². The topological polar surface area (TPSA) is 75.4 Å². The van der Waals surface area contributed by atoms with E-state index in [4.69, 9.17) is 0 Å². The van der Waals surface area contributed by atoms with Gasteiger partial charge in [-0.2, -0.15) is 5.10 Å². The molecule has 102 valence electrons. The molecule has 1 amide bonds. The average molecular weight is 275 g/mol. The number of aryl methyl sites for hydroxylation is 1. The van der Waals surface area contributed by atoms with E-state index in [9.17, 15) is 19.1 Å². The number of phenols is 1. The first kappa shape index (κ1) is 12.3. The summed E-state index contributed by atoms with van der Waals surface area (Å²) in [6, 6.07) is 4.97. The molecular weight excluding hydrogens is 265 g/mol. The van der Waals surface area contributed by atoms with Crippen LogP contribution in [0.4, 0.5) is 10.2 Å². The molecule has 1 aliphatic heterocycles. The number of phenolic OH excluding ortho intramolecular Hbond substituents is 1. The first-order valence-corrected chi connectivity index (χ1v) is 5.85. The molecule has 3 rings (SSSR count). The van der Waals surface area contributed by atoms with Crippen LogP contribution in [0.3, 0.4) is 0 Å². The number of hydrogen-bond donors (Lipinski definition) is 1. The minimum Gasteiger partial charge on any atom is -0.505 e. The Balaban J connectivity index is 2.05. The molecule has 0 aliphatic carbocycles. The van der Waals surface area contributed by atoms with Gasteiger partial charge in [0.1, 0.15) is 0 Å². The molecule has 7 heteroatoms. The lowest BCUT2D eigenvalue weighted by molar-refractivity contribution is 0.0995. The third-order valence-electron chi connectivity index (χ3n) is 3.20. The van der Waals surface area contributed by atoms with Crippen molar-refractivity contribution >= 4 is 11.7 Å². The van der Waals surface area contributed by atoms with E-state index in [1.807, 2.05) is 0 Å². The Hall–Kier alpha value is -2.70. The number of amides is 1. The lowest BCUT2D eigenvalue weighted by Gasteiger charge is -2.14. The predicted molar refractivity (Wildman–Crippen MR) is 68.1 cm³/mol. The normalized spacial score (nSPS) is 13.7. The summed E-state index contributed by atoms with van der Waals surface area (Å²) < 4.78 is 14.4. The molecule has 1 aliphatic rings. The number of aromatic hydroxyl groups is 1. The third kappa shape index (κ3) is 1.75. The largest absolute Gasteiger partial charge is 0.505 e. The van der Waals surface area contributed by atoms with Crippen LogP contribution in [0, 0.1) is 5.82 Å². The Morgan fingerprint density at radius 2 is 2.05 bits per heavy atom. The lowest BCUT2D eigenvalue weighted by Crippen LogP contribution is -2.28. The summed E-state index contributed by atoms with van der Waals surface area (Å²) in [7, 11) is 1.48. The molecule has 0 bridgehead atoms. The number of halogens is 1. The van der Waals surface area contributed by atoms with Gasteiger partial charge in [-0.1, -0.05) is 0 Å². The van der Waals surface area contributed by atoms with Gasteiger partial charge in [-0.3, -0.25) is 14.5 Å². The first-order chi connectivity index (χ1) is 9.47. The minimum atomic E-state index is -0.840. The molecule has 1 aromatic carbocycles. The fraction of sp³-hybridized carbons (Fsp3) is 0.154. The summed E-state index contributed by atoms with van der Waals surface area (Å²) in [6.07, 6.45) is 0. The Bertz CT molecular complexity index is 785. The number of benzene rings is 1. The van der Waals surface area contributed by atoms with E-state index < -0.39 is 17.5 Å². The van der Waals surface area contributed by atoms with Crippen LogP contribution in [0.1, 0.15) is 15.9 Å². The standard InChI is InChI=1S/C13H10FN3O3/c1-16-12(19)3-2-11(15-16)17-6-7-4-10(18)9(14)5-8(7)13(17)20/h2-5,18H,6H2,1H3. The molecule has 20 heavy (non-hydrogen) atoms. The minimum absolute atomic E-state index is 0.174. The van der Waals surface area contributed by atoms with Crippen molar-refractivity contribution in [2.24, 2.45) is 7.05 Å². The molecule has 2 aromatic rings. The van der Waals surface area contributed by atoms with Crippen molar-refractivity contribution in [3.63, 3.8) is 0 Å². The van der Waals surface area contributed by atoms with Crippen LogP contribution in [0.25, 0.3) is 0 Å². The highest BCUT2D eigenvalue weighted by Crippen LogP contribution is 2.30. The Morgan fingerprint density at radius 3 is 2.75 bits per heavy atom. The number of rotatable bonds is 1. The number of carbonyl (C=O) groups excluding carboxylic acids is 1. The second kappa shape index (κ2) is 4.16. The zero-order valence-corrected chi connectivity index (χ0v) is 10.5. The molecular formula is C13H10FN3O3. The maximum Gasteiger partial charge on any atom is 0.266 e. The number of hydrogen-bond acceptors (Lipinski definition) is 4. The van der Waals surface area contributed by atoms with Crippen molar-refractivity contribution in [2.75, 3.05) is 4.90 Å².